The smallest absolute Gasteiger partial charge is 0.261 e. The highest BCUT2D eigenvalue weighted by molar-refractivity contribution is 8.13. The first-order chi connectivity index (χ1) is 35.0. The lowest BCUT2D eigenvalue weighted by molar-refractivity contribution is 0.0697. The zero-order valence-corrected chi connectivity index (χ0v) is 48.7. The molecule has 5 aromatic carbocycles. The third-order valence-corrected chi connectivity index (χ3v) is 17.7. The van der Waals surface area contributed by atoms with Gasteiger partial charge in [0.25, 0.3) is 20.2 Å². The molecule has 0 aliphatic carbocycles. The molecule has 3 saturated heterocycles. The molecule has 0 atom stereocenters. The monoisotopic (exact) mass is 1130 g/mol. The maximum absolute atomic E-state index is 12.9. The van der Waals surface area contributed by atoms with Crippen LogP contribution in [0.25, 0.3) is 0 Å². The van der Waals surface area contributed by atoms with Crippen LogP contribution in [0, 0.1) is 0 Å². The second-order valence-electron chi connectivity index (χ2n) is 21.1. The molecule has 1 amide bonds. The van der Waals surface area contributed by atoms with Crippen molar-refractivity contribution >= 4 is 62.5 Å². The molecule has 8 rings (SSSR count). The van der Waals surface area contributed by atoms with E-state index in [0.29, 0.717) is 60.2 Å². The topological polar surface area (TPSA) is 182 Å². The summed E-state index contributed by atoms with van der Waals surface area (Å²) in [6, 6.07) is 38.8. The Morgan fingerprint density at radius 3 is 1.01 bits per heavy atom. The highest BCUT2D eigenvalue weighted by atomic mass is 35.7. The van der Waals surface area contributed by atoms with Gasteiger partial charge in [0.1, 0.15) is 0 Å². The largest absolute Gasteiger partial charge is 0.336 e. The molecule has 19 heteroatoms. The van der Waals surface area contributed by atoms with Gasteiger partial charge in [0.05, 0.1) is 14.7 Å². The molecule has 3 fully saturated rings. The summed E-state index contributed by atoms with van der Waals surface area (Å²) in [4.78, 5) is 25.5. The van der Waals surface area contributed by atoms with Crippen LogP contribution < -0.4 is 16.0 Å². The van der Waals surface area contributed by atoms with E-state index < -0.39 is 34.3 Å². The Labute approximate surface area is 457 Å². The van der Waals surface area contributed by atoms with Crippen LogP contribution in [-0.4, -0.2) is 128 Å². The van der Waals surface area contributed by atoms with Crippen LogP contribution in [0.4, 0.5) is 0 Å². The van der Waals surface area contributed by atoms with Gasteiger partial charge < -0.3 is 20.9 Å². The fraction of sp³-hybridized carbons (Fsp3) is 0.429. The number of hydrogen-bond donors (Lipinski definition) is 3. The van der Waals surface area contributed by atoms with Gasteiger partial charge in [-0.15, -0.1) is 0 Å². The summed E-state index contributed by atoms with van der Waals surface area (Å²) in [7, 11) is -5.27. The van der Waals surface area contributed by atoms with Gasteiger partial charge in [-0.1, -0.05) is 147 Å². The minimum absolute atomic E-state index is 0.0221. The molecule has 75 heavy (non-hydrogen) atoms. The SMILES string of the molecule is C1CNCCN1.CC(C)(C)c1ccc(S(=O)(=O)Cl)cc1.CC(C)(C)c1ccc(S(=O)(=O)N2CCN(C(=O)c3ccccc3)CC2)cc1.CC(C)(C)c1ccc(S(=O)(=O)N2CCNCC2)cc1.O=C(Cl)c1ccccc1. The van der Waals surface area contributed by atoms with Gasteiger partial charge in [-0.2, -0.15) is 8.61 Å². The van der Waals surface area contributed by atoms with E-state index in [-0.39, 0.29) is 27.0 Å². The van der Waals surface area contributed by atoms with Gasteiger partial charge in [-0.05, 0) is 93.1 Å². The fourth-order valence-electron chi connectivity index (χ4n) is 7.62. The summed E-state index contributed by atoms with van der Waals surface area (Å²) in [5.41, 5.74) is 4.54. The van der Waals surface area contributed by atoms with Crippen LogP contribution in [-0.2, 0) is 45.3 Å². The molecule has 14 nitrogen and oxygen atoms in total. The van der Waals surface area contributed by atoms with E-state index in [0.717, 1.165) is 56.0 Å². The Bertz CT molecular complexity index is 2880. The Kier molecular flexibility index (Phi) is 23.7. The third kappa shape index (κ3) is 20.1. The summed E-state index contributed by atoms with van der Waals surface area (Å²) >= 11 is 5.16. The fourth-order valence-corrected chi connectivity index (χ4v) is 11.4. The molecule has 3 aliphatic heterocycles. The number of halogens is 2. The van der Waals surface area contributed by atoms with Crippen LogP contribution >= 0.6 is 22.3 Å². The zero-order chi connectivity index (χ0) is 55.7. The number of benzene rings is 5. The van der Waals surface area contributed by atoms with Crippen molar-refractivity contribution in [1.82, 2.24) is 29.5 Å². The Morgan fingerprint density at radius 2 is 0.720 bits per heavy atom. The molecule has 3 heterocycles. The predicted octanol–water partition coefficient (Wildman–Crippen LogP) is 8.87. The minimum Gasteiger partial charge on any atom is -0.336 e. The maximum Gasteiger partial charge on any atom is 0.261 e. The van der Waals surface area contributed by atoms with E-state index in [1.165, 1.54) is 16.4 Å². The molecule has 0 unspecified atom stereocenters. The lowest BCUT2D eigenvalue weighted by Gasteiger charge is -2.34. The lowest BCUT2D eigenvalue weighted by Crippen LogP contribution is -2.50. The van der Waals surface area contributed by atoms with E-state index in [2.05, 4.69) is 78.3 Å². The molecular weight excluding hydrogens is 1050 g/mol. The number of amides is 1. The number of nitrogens with one attached hydrogen (secondary N) is 3. The zero-order valence-electron chi connectivity index (χ0n) is 44.8. The molecule has 5 aromatic rings. The predicted molar refractivity (Wildman–Crippen MR) is 304 cm³/mol. The van der Waals surface area contributed by atoms with Crippen LogP contribution in [0.5, 0.6) is 0 Å². The average Bonchev–Trinajstić information content (AvgIpc) is 3.39. The number of piperazine rings is 3. The number of carbonyl (C=O) groups excluding carboxylic acids is 2. The summed E-state index contributed by atoms with van der Waals surface area (Å²) in [5, 5.41) is 9.20. The van der Waals surface area contributed by atoms with Crippen molar-refractivity contribution in [1.29, 1.82) is 0 Å². The van der Waals surface area contributed by atoms with Gasteiger partial charge in [-0.25, -0.2) is 25.3 Å². The lowest BCUT2D eigenvalue weighted by atomic mass is 9.87. The Morgan fingerprint density at radius 1 is 0.413 bits per heavy atom. The molecule has 0 bridgehead atoms. The first-order valence-electron chi connectivity index (χ1n) is 25.0. The molecular formula is C56H76Cl2N6O8S3. The van der Waals surface area contributed by atoms with E-state index in [1.807, 2.05) is 48.5 Å². The van der Waals surface area contributed by atoms with Crippen molar-refractivity contribution in [3.8, 4) is 0 Å². The number of rotatable bonds is 7. The van der Waals surface area contributed by atoms with Gasteiger partial charge >= 0.3 is 0 Å². The summed E-state index contributed by atoms with van der Waals surface area (Å²) in [6.45, 7) is 27.3. The van der Waals surface area contributed by atoms with Crippen molar-refractivity contribution in [3.63, 3.8) is 0 Å². The van der Waals surface area contributed by atoms with E-state index >= 15 is 0 Å². The van der Waals surface area contributed by atoms with Crippen LogP contribution in [0.2, 0.25) is 0 Å². The second-order valence-corrected chi connectivity index (χ2v) is 27.9. The molecule has 0 spiro atoms. The third-order valence-electron chi connectivity index (χ3n) is 12.3. The molecule has 410 valence electrons. The number of sulfonamides is 2. The van der Waals surface area contributed by atoms with Crippen molar-refractivity contribution in [2.45, 2.75) is 93.2 Å². The first-order valence-corrected chi connectivity index (χ1v) is 30.6. The highest BCUT2D eigenvalue weighted by Gasteiger charge is 2.31. The van der Waals surface area contributed by atoms with E-state index in [9.17, 15) is 34.8 Å². The summed E-state index contributed by atoms with van der Waals surface area (Å²) < 4.78 is 75.7. The van der Waals surface area contributed by atoms with Gasteiger partial charge in [0.15, 0.2) is 0 Å². The molecule has 0 radical (unpaired) electrons. The molecule has 0 aromatic heterocycles. The Hall–Kier alpha value is -4.53. The second kappa shape index (κ2) is 28.2. The number of nitrogens with zero attached hydrogens (tertiary/aromatic N) is 3. The summed E-state index contributed by atoms with van der Waals surface area (Å²) in [6.07, 6.45) is 0. The Balaban J connectivity index is 0.000000221. The first kappa shape index (κ1) is 63.0. The normalized spacial score (nSPS) is 16.0. The minimum atomic E-state index is -3.59. The summed E-state index contributed by atoms with van der Waals surface area (Å²) in [5.74, 6) is -0.0535. The van der Waals surface area contributed by atoms with Crippen LogP contribution in [0.15, 0.2) is 148 Å². The van der Waals surface area contributed by atoms with Gasteiger partial charge in [0, 0.05) is 100 Å². The van der Waals surface area contributed by atoms with Crippen molar-refractivity contribution < 1.29 is 34.8 Å². The van der Waals surface area contributed by atoms with Crippen molar-refractivity contribution in [2.24, 2.45) is 0 Å². The number of carbonyl (C=O) groups is 2. The van der Waals surface area contributed by atoms with E-state index in [1.54, 1.807) is 82.0 Å². The highest BCUT2D eigenvalue weighted by Crippen LogP contribution is 2.28. The van der Waals surface area contributed by atoms with E-state index in [4.69, 9.17) is 22.3 Å². The average molecular weight is 1130 g/mol. The van der Waals surface area contributed by atoms with Crippen LogP contribution in [0.1, 0.15) is 99.7 Å². The van der Waals surface area contributed by atoms with Gasteiger partial charge in [-0.3, -0.25) is 9.59 Å². The quantitative estimate of drug-likeness (QED) is 0.132. The standard InChI is InChI=1S/C21H26N2O3S.C14H22N2O2S.C10H13ClO2S.C7H5ClO.C4H10N2/c1-21(2,3)18-9-11-19(12-10-18)27(25,26)23-15-13-22(14-16-23)20(24)17-7-5-4-6-8-17;1-14(2,3)12-4-6-13(7-5-12)19(17,18)16-10-8-15-9-11-16;1-10(2,3)8-4-6-9(7-5-8)14(11,12)13;8-7(9)6-4-2-1-3-5-6;1-2-6-4-3-5-1/h4-12H,13-16H2,1-3H3;4-7,15H,8-11H2,1-3H3;4-7H,1-3H3;1-5H;5-6H,1-4H2. The van der Waals surface area contributed by atoms with Gasteiger partial charge in [0.2, 0.25) is 20.0 Å². The van der Waals surface area contributed by atoms with Crippen LogP contribution in [0.3, 0.4) is 0 Å². The molecule has 3 aliphatic rings. The maximum atomic E-state index is 12.9. The van der Waals surface area contributed by atoms with Crippen molar-refractivity contribution in [2.75, 3.05) is 78.5 Å². The number of hydrogen-bond acceptors (Lipinski definition) is 11. The molecule has 3 N–H and O–H groups in total. The molecule has 0 saturated carbocycles. The van der Waals surface area contributed by atoms with Crippen molar-refractivity contribution in [3.05, 3.63) is 161 Å².